The van der Waals surface area contributed by atoms with Crippen LogP contribution in [0.25, 0.3) is 0 Å². The maximum atomic E-state index is 13.1. The highest BCUT2D eigenvalue weighted by atomic mass is 16.7. The van der Waals surface area contributed by atoms with Gasteiger partial charge in [0.1, 0.15) is 36.6 Å². The molecule has 9 atom stereocenters. The van der Waals surface area contributed by atoms with Crippen molar-refractivity contribution < 1.29 is 50.0 Å². The summed E-state index contributed by atoms with van der Waals surface area (Å²) in [5, 5.41) is 75.6. The number of amides is 1. The highest BCUT2D eigenvalue weighted by Crippen LogP contribution is 2.23. The number of ether oxygens (including phenoxy) is 2. The molecule has 0 radical (unpaired) electrons. The minimum absolute atomic E-state index is 0.238. The zero-order valence-electron chi connectivity index (χ0n) is 36.3. The Labute approximate surface area is 351 Å². The molecular weight excluding hydrogens is 739 g/mol. The van der Waals surface area contributed by atoms with Crippen molar-refractivity contribution in [1.29, 1.82) is 0 Å². The first-order valence-electron chi connectivity index (χ1n) is 23.0. The molecule has 1 rings (SSSR count). The average Bonchev–Trinajstić information content (AvgIpc) is 3.22. The van der Waals surface area contributed by atoms with Crippen LogP contribution in [0.15, 0.2) is 48.6 Å². The molecule has 1 heterocycles. The maximum absolute atomic E-state index is 13.1. The van der Waals surface area contributed by atoms with E-state index in [0.29, 0.717) is 19.3 Å². The maximum Gasteiger partial charge on any atom is 0.249 e. The van der Waals surface area contributed by atoms with Crippen LogP contribution < -0.4 is 5.32 Å². The quantitative estimate of drug-likeness (QED) is 0.0232. The SMILES string of the molecule is CCCC/C=C/CC/C=C/CC/C=C/CCCC(O)C(O)C(COC1OC(CO)C(O)C(O)C1O)NC(=O)C(O)CCCCCCCC/C=C\CCCCCCCC. The molecule has 0 aromatic carbocycles. The van der Waals surface area contributed by atoms with E-state index in [9.17, 15) is 40.5 Å². The van der Waals surface area contributed by atoms with Gasteiger partial charge in [-0.25, -0.2) is 0 Å². The molecule has 11 nitrogen and oxygen atoms in total. The lowest BCUT2D eigenvalue weighted by Gasteiger charge is -2.40. The van der Waals surface area contributed by atoms with E-state index in [4.69, 9.17) is 9.47 Å². The third kappa shape index (κ3) is 26.3. The fraction of sp³-hybridized carbons (Fsp3) is 0.809. The molecule has 11 heteroatoms. The number of unbranched alkanes of at least 4 members (excludes halogenated alkanes) is 17. The smallest absolute Gasteiger partial charge is 0.249 e. The van der Waals surface area contributed by atoms with E-state index in [2.05, 4.69) is 67.8 Å². The van der Waals surface area contributed by atoms with Crippen molar-refractivity contribution in [2.45, 2.75) is 229 Å². The van der Waals surface area contributed by atoms with Crippen LogP contribution in [0, 0.1) is 0 Å². The van der Waals surface area contributed by atoms with Gasteiger partial charge in [0.25, 0.3) is 0 Å². The Morgan fingerprint density at radius 1 is 0.586 bits per heavy atom. The Morgan fingerprint density at radius 3 is 1.59 bits per heavy atom. The molecule has 338 valence electrons. The van der Waals surface area contributed by atoms with E-state index in [-0.39, 0.29) is 12.8 Å². The second-order valence-electron chi connectivity index (χ2n) is 16.1. The van der Waals surface area contributed by atoms with Crippen LogP contribution in [0.3, 0.4) is 0 Å². The van der Waals surface area contributed by atoms with E-state index >= 15 is 0 Å². The minimum atomic E-state index is -1.67. The zero-order chi connectivity index (χ0) is 42.6. The minimum Gasteiger partial charge on any atom is -0.394 e. The molecule has 0 aromatic heterocycles. The van der Waals surface area contributed by atoms with Gasteiger partial charge in [0.2, 0.25) is 5.91 Å². The number of carbonyl (C=O) groups is 1. The Morgan fingerprint density at radius 2 is 1.05 bits per heavy atom. The van der Waals surface area contributed by atoms with Crippen LogP contribution in [-0.2, 0) is 14.3 Å². The zero-order valence-corrected chi connectivity index (χ0v) is 36.3. The van der Waals surface area contributed by atoms with Crippen LogP contribution >= 0.6 is 0 Å². The largest absolute Gasteiger partial charge is 0.394 e. The van der Waals surface area contributed by atoms with Gasteiger partial charge in [-0.15, -0.1) is 0 Å². The highest BCUT2D eigenvalue weighted by molar-refractivity contribution is 5.80. The van der Waals surface area contributed by atoms with E-state index in [1.165, 1.54) is 57.8 Å². The van der Waals surface area contributed by atoms with Crippen molar-refractivity contribution in [2.24, 2.45) is 0 Å². The Kier molecular flexibility index (Phi) is 34.4. The van der Waals surface area contributed by atoms with E-state index < -0.39 is 74.2 Å². The number of hydrogen-bond donors (Lipinski definition) is 8. The van der Waals surface area contributed by atoms with E-state index in [1.807, 2.05) is 0 Å². The molecule has 1 aliphatic heterocycles. The first kappa shape index (κ1) is 54.1. The summed E-state index contributed by atoms with van der Waals surface area (Å²) in [5.74, 6) is -0.721. The van der Waals surface area contributed by atoms with E-state index in [0.717, 1.165) is 70.6 Å². The summed E-state index contributed by atoms with van der Waals surface area (Å²) in [7, 11) is 0. The second-order valence-corrected chi connectivity index (χ2v) is 16.1. The summed E-state index contributed by atoms with van der Waals surface area (Å²) in [6.07, 6.45) is 31.5. The van der Waals surface area contributed by atoms with Gasteiger partial charge in [-0.2, -0.15) is 0 Å². The number of nitrogens with one attached hydrogen (secondary N) is 1. The molecule has 0 aliphatic carbocycles. The van der Waals surface area contributed by atoms with Crippen molar-refractivity contribution >= 4 is 5.91 Å². The van der Waals surface area contributed by atoms with Gasteiger partial charge in [0.15, 0.2) is 6.29 Å². The van der Waals surface area contributed by atoms with E-state index in [1.54, 1.807) is 0 Å². The third-order valence-electron chi connectivity index (χ3n) is 10.8. The molecule has 8 N–H and O–H groups in total. The number of carbonyl (C=O) groups excluding carboxylic acids is 1. The Bertz CT molecular complexity index is 1080. The van der Waals surface area contributed by atoms with Gasteiger partial charge < -0.3 is 50.5 Å². The van der Waals surface area contributed by atoms with Crippen LogP contribution in [0.1, 0.15) is 174 Å². The lowest BCUT2D eigenvalue weighted by atomic mass is 9.98. The molecule has 0 bridgehead atoms. The van der Waals surface area contributed by atoms with Crippen molar-refractivity contribution in [1.82, 2.24) is 5.32 Å². The predicted octanol–water partition coefficient (Wildman–Crippen LogP) is 7.39. The number of aliphatic hydroxyl groups is 7. The van der Waals surface area contributed by atoms with Crippen molar-refractivity contribution in [3.8, 4) is 0 Å². The molecule has 1 aliphatic rings. The molecule has 1 amide bonds. The first-order chi connectivity index (χ1) is 28.2. The fourth-order valence-electron chi connectivity index (χ4n) is 6.92. The first-order valence-corrected chi connectivity index (χ1v) is 23.0. The second kappa shape index (κ2) is 36.9. The predicted molar refractivity (Wildman–Crippen MR) is 233 cm³/mol. The summed E-state index contributed by atoms with van der Waals surface area (Å²) < 4.78 is 11.1. The Hall–Kier alpha value is -1.93. The molecular formula is C47H85NO10. The molecule has 1 saturated heterocycles. The lowest BCUT2D eigenvalue weighted by molar-refractivity contribution is -0.303. The highest BCUT2D eigenvalue weighted by Gasteiger charge is 2.44. The molecule has 9 unspecified atom stereocenters. The number of rotatable bonds is 37. The summed E-state index contributed by atoms with van der Waals surface area (Å²) in [6, 6.07) is -1.20. The molecule has 1 fully saturated rings. The van der Waals surface area contributed by atoms with Crippen LogP contribution in [0.4, 0.5) is 0 Å². The summed E-state index contributed by atoms with van der Waals surface area (Å²) in [6.45, 7) is 3.35. The van der Waals surface area contributed by atoms with Gasteiger partial charge >= 0.3 is 0 Å². The van der Waals surface area contributed by atoms with Crippen LogP contribution in [0.5, 0.6) is 0 Å². The van der Waals surface area contributed by atoms with Crippen molar-refractivity contribution in [2.75, 3.05) is 13.2 Å². The standard InChI is InChI=1S/C47H85NO10/c1-3-5-7-9-11-13-15-17-19-21-23-25-27-29-31-33-35-40(51)46(56)48-38(37-57-47-45(55)44(54)43(53)41(36-49)58-47)42(52)39(50)34-32-30-28-26-24-22-20-18-16-14-12-10-8-6-4-2/h10,12,17-20,26,28,38-45,47,49-55H,3-9,11,13-16,21-25,27,29-37H2,1-2H3,(H,48,56)/b12-10+,19-17-,20-18+,28-26+. The van der Waals surface area contributed by atoms with Crippen molar-refractivity contribution in [3.63, 3.8) is 0 Å². The third-order valence-corrected chi connectivity index (χ3v) is 10.8. The summed E-state index contributed by atoms with van der Waals surface area (Å²) >= 11 is 0. The molecule has 0 aromatic rings. The number of hydrogen-bond acceptors (Lipinski definition) is 10. The van der Waals surface area contributed by atoms with Crippen LogP contribution in [-0.4, -0.2) is 110 Å². The van der Waals surface area contributed by atoms with Gasteiger partial charge in [-0.1, -0.05) is 140 Å². The van der Waals surface area contributed by atoms with Crippen LogP contribution in [0.2, 0.25) is 0 Å². The van der Waals surface area contributed by atoms with Gasteiger partial charge in [-0.05, 0) is 83.5 Å². The topological polar surface area (TPSA) is 189 Å². The Balaban J connectivity index is 2.51. The average molecular weight is 824 g/mol. The summed E-state index contributed by atoms with van der Waals surface area (Å²) in [5.41, 5.74) is 0. The van der Waals surface area contributed by atoms with Gasteiger partial charge in [-0.3, -0.25) is 4.79 Å². The molecule has 0 spiro atoms. The summed E-state index contributed by atoms with van der Waals surface area (Å²) in [4.78, 5) is 13.1. The lowest BCUT2D eigenvalue weighted by Crippen LogP contribution is -2.60. The van der Waals surface area contributed by atoms with Gasteiger partial charge in [0.05, 0.1) is 25.4 Å². The van der Waals surface area contributed by atoms with Gasteiger partial charge in [0, 0.05) is 0 Å². The van der Waals surface area contributed by atoms with Crippen molar-refractivity contribution in [3.05, 3.63) is 48.6 Å². The molecule has 58 heavy (non-hydrogen) atoms. The molecule has 0 saturated carbocycles. The normalized spacial score (nSPS) is 22.4. The number of aliphatic hydroxyl groups excluding tert-OH is 7. The monoisotopic (exact) mass is 824 g/mol. The number of allylic oxidation sites excluding steroid dienone is 8. The fourth-order valence-corrected chi connectivity index (χ4v) is 6.92.